The molecule has 9 nitrogen and oxygen atoms in total. The molecule has 0 aliphatic carbocycles. The number of anilines is 1. The number of hydrogen-bond acceptors (Lipinski definition) is 7. The Morgan fingerprint density at radius 3 is 2.71 bits per heavy atom. The van der Waals surface area contributed by atoms with Crippen LogP contribution >= 0.6 is 11.8 Å². The number of para-hydroxylation sites is 2. The van der Waals surface area contributed by atoms with Crippen molar-refractivity contribution in [1.29, 1.82) is 0 Å². The molecule has 1 heterocycles. The number of imide groups is 1. The van der Waals surface area contributed by atoms with Crippen LogP contribution in [0.3, 0.4) is 0 Å². The van der Waals surface area contributed by atoms with E-state index in [1.54, 1.807) is 13.0 Å². The molecule has 0 aliphatic heterocycles. The highest BCUT2D eigenvalue weighted by molar-refractivity contribution is 8.00. The second kappa shape index (κ2) is 10.1. The number of carbonyl (C=O) groups is 2. The van der Waals surface area contributed by atoms with Crippen LogP contribution in [0.5, 0.6) is 5.75 Å². The lowest BCUT2D eigenvalue weighted by atomic mass is 10.1. The van der Waals surface area contributed by atoms with Crippen LogP contribution in [-0.2, 0) is 4.79 Å². The third-order valence-electron chi connectivity index (χ3n) is 4.35. The van der Waals surface area contributed by atoms with Gasteiger partial charge in [0, 0.05) is 5.69 Å². The monoisotopic (exact) mass is 440 g/mol. The van der Waals surface area contributed by atoms with Gasteiger partial charge in [-0.2, -0.15) is 4.68 Å². The minimum Gasteiger partial charge on any atom is -0.492 e. The van der Waals surface area contributed by atoms with Crippen molar-refractivity contribution in [3.8, 4) is 11.4 Å². The van der Waals surface area contributed by atoms with E-state index >= 15 is 0 Å². The summed E-state index contributed by atoms with van der Waals surface area (Å²) in [5.41, 5.74) is 3.31. The highest BCUT2D eigenvalue weighted by Gasteiger charge is 2.22. The number of tetrazole rings is 1. The van der Waals surface area contributed by atoms with E-state index in [1.165, 1.54) is 4.68 Å². The topological polar surface area (TPSA) is 111 Å². The predicted octanol–water partition coefficient (Wildman–Crippen LogP) is 3.51. The van der Waals surface area contributed by atoms with Gasteiger partial charge in [0.1, 0.15) is 11.4 Å². The van der Waals surface area contributed by atoms with E-state index in [-0.39, 0.29) is 0 Å². The molecule has 31 heavy (non-hydrogen) atoms. The van der Waals surface area contributed by atoms with E-state index in [0.29, 0.717) is 28.9 Å². The summed E-state index contributed by atoms with van der Waals surface area (Å²) in [6, 6.07) is 12.4. The molecular formula is C21H24N6O3S. The molecule has 0 aliphatic rings. The van der Waals surface area contributed by atoms with Gasteiger partial charge in [-0.1, -0.05) is 41.6 Å². The van der Waals surface area contributed by atoms with Crippen molar-refractivity contribution in [2.24, 2.45) is 0 Å². The number of nitrogens with zero attached hydrogens (tertiary/aromatic N) is 4. The quantitative estimate of drug-likeness (QED) is 0.541. The smallest absolute Gasteiger partial charge is 0.325 e. The van der Waals surface area contributed by atoms with Crippen molar-refractivity contribution in [3.05, 3.63) is 53.6 Å². The molecule has 162 valence electrons. The Morgan fingerprint density at radius 1 is 1.19 bits per heavy atom. The third kappa shape index (κ3) is 5.60. The first-order valence-corrected chi connectivity index (χ1v) is 10.6. The number of amides is 3. The Labute approximate surface area is 184 Å². The number of rotatable bonds is 7. The number of thioether (sulfide) groups is 1. The van der Waals surface area contributed by atoms with E-state index in [0.717, 1.165) is 22.9 Å². The number of carbonyl (C=O) groups excluding carboxylic acids is 2. The number of hydrogen-bond donors (Lipinski definition) is 2. The summed E-state index contributed by atoms with van der Waals surface area (Å²) in [4.78, 5) is 24.8. The lowest BCUT2D eigenvalue weighted by Gasteiger charge is -2.14. The van der Waals surface area contributed by atoms with Crippen LogP contribution in [0.25, 0.3) is 5.69 Å². The van der Waals surface area contributed by atoms with Gasteiger partial charge >= 0.3 is 6.03 Å². The largest absolute Gasteiger partial charge is 0.492 e. The average molecular weight is 441 g/mol. The van der Waals surface area contributed by atoms with Crippen molar-refractivity contribution in [1.82, 2.24) is 25.5 Å². The molecule has 10 heteroatoms. The number of benzene rings is 2. The molecule has 2 N–H and O–H groups in total. The van der Waals surface area contributed by atoms with E-state index in [1.807, 2.05) is 57.2 Å². The fraction of sp³-hybridized carbons (Fsp3) is 0.286. The van der Waals surface area contributed by atoms with Gasteiger partial charge in [-0.3, -0.25) is 10.1 Å². The normalized spacial score (nSPS) is 11.6. The highest BCUT2D eigenvalue weighted by atomic mass is 32.2. The van der Waals surface area contributed by atoms with Gasteiger partial charge < -0.3 is 10.1 Å². The Balaban J connectivity index is 1.66. The first-order chi connectivity index (χ1) is 14.9. The lowest BCUT2D eigenvalue weighted by Crippen LogP contribution is -2.39. The van der Waals surface area contributed by atoms with Gasteiger partial charge in [0.25, 0.3) is 0 Å². The van der Waals surface area contributed by atoms with Gasteiger partial charge in [0.15, 0.2) is 0 Å². The minimum atomic E-state index is -0.617. The van der Waals surface area contributed by atoms with Gasteiger partial charge in [-0.25, -0.2) is 4.79 Å². The zero-order valence-corrected chi connectivity index (χ0v) is 18.6. The fourth-order valence-corrected chi connectivity index (χ4v) is 3.65. The molecule has 0 unspecified atom stereocenters. The maximum absolute atomic E-state index is 12.5. The zero-order chi connectivity index (χ0) is 22.4. The van der Waals surface area contributed by atoms with Crippen LogP contribution in [0.2, 0.25) is 0 Å². The summed E-state index contributed by atoms with van der Waals surface area (Å²) in [7, 11) is 0. The number of aromatic nitrogens is 4. The van der Waals surface area contributed by atoms with E-state index < -0.39 is 17.2 Å². The standard InChI is InChI=1S/C21H24N6O3S/c1-5-30-18-9-7-6-8-17(18)27-21(24-25-26-27)31-15(4)19(28)23-20(29)22-16-11-10-13(2)12-14(16)3/h6-12,15H,5H2,1-4H3,(H2,22,23,28,29)/t15-/m0/s1. The van der Waals surface area contributed by atoms with Crippen molar-refractivity contribution >= 4 is 29.4 Å². The Morgan fingerprint density at radius 2 is 1.97 bits per heavy atom. The Bertz CT molecular complexity index is 1080. The van der Waals surface area contributed by atoms with Crippen LogP contribution in [0.4, 0.5) is 10.5 Å². The molecule has 3 rings (SSSR count). The van der Waals surface area contributed by atoms with Crippen LogP contribution in [-0.4, -0.2) is 44.0 Å². The number of aryl methyl sites for hydroxylation is 2. The highest BCUT2D eigenvalue weighted by Crippen LogP contribution is 2.28. The predicted molar refractivity (Wildman–Crippen MR) is 119 cm³/mol. The van der Waals surface area contributed by atoms with Crippen molar-refractivity contribution in [2.45, 2.75) is 38.1 Å². The van der Waals surface area contributed by atoms with Gasteiger partial charge in [0.05, 0.1) is 11.9 Å². The first kappa shape index (κ1) is 22.3. The second-order valence-corrected chi connectivity index (χ2v) is 8.10. The maximum Gasteiger partial charge on any atom is 0.325 e. The van der Waals surface area contributed by atoms with Crippen LogP contribution < -0.4 is 15.4 Å². The summed E-state index contributed by atoms with van der Waals surface area (Å²) in [5, 5.41) is 16.6. The molecule has 0 radical (unpaired) electrons. The minimum absolute atomic E-state index is 0.407. The maximum atomic E-state index is 12.5. The van der Waals surface area contributed by atoms with E-state index in [2.05, 4.69) is 26.2 Å². The molecule has 3 aromatic rings. The summed E-state index contributed by atoms with van der Waals surface area (Å²) < 4.78 is 7.15. The third-order valence-corrected chi connectivity index (χ3v) is 5.39. The lowest BCUT2D eigenvalue weighted by molar-refractivity contribution is -0.119. The van der Waals surface area contributed by atoms with Gasteiger partial charge in [-0.05, 0) is 61.9 Å². The van der Waals surface area contributed by atoms with Crippen LogP contribution in [0, 0.1) is 13.8 Å². The Kier molecular flexibility index (Phi) is 7.24. The molecule has 2 aromatic carbocycles. The van der Waals surface area contributed by atoms with Crippen molar-refractivity contribution in [2.75, 3.05) is 11.9 Å². The fourth-order valence-electron chi connectivity index (χ4n) is 2.85. The first-order valence-electron chi connectivity index (χ1n) is 9.75. The Hall–Kier alpha value is -3.40. The second-order valence-electron chi connectivity index (χ2n) is 6.80. The summed E-state index contributed by atoms with van der Waals surface area (Å²) >= 11 is 1.14. The number of urea groups is 1. The summed E-state index contributed by atoms with van der Waals surface area (Å²) in [6.07, 6.45) is 0. The molecule has 1 atom stereocenters. The summed E-state index contributed by atoms with van der Waals surface area (Å²) in [5.74, 6) is 0.170. The molecule has 0 spiro atoms. The SMILES string of the molecule is CCOc1ccccc1-n1nnnc1S[C@@H](C)C(=O)NC(=O)Nc1ccc(C)cc1C. The van der Waals surface area contributed by atoms with E-state index in [4.69, 9.17) is 4.74 Å². The molecule has 0 bridgehead atoms. The van der Waals surface area contributed by atoms with Gasteiger partial charge in [-0.15, -0.1) is 5.10 Å². The van der Waals surface area contributed by atoms with Crippen molar-refractivity contribution < 1.29 is 14.3 Å². The molecular weight excluding hydrogens is 416 g/mol. The number of ether oxygens (including phenoxy) is 1. The van der Waals surface area contributed by atoms with E-state index in [9.17, 15) is 9.59 Å². The zero-order valence-electron chi connectivity index (χ0n) is 17.7. The van der Waals surface area contributed by atoms with Gasteiger partial charge in [0.2, 0.25) is 11.1 Å². The molecule has 0 saturated heterocycles. The average Bonchev–Trinajstić information content (AvgIpc) is 3.18. The number of nitrogens with one attached hydrogen (secondary N) is 2. The van der Waals surface area contributed by atoms with Crippen molar-refractivity contribution in [3.63, 3.8) is 0 Å². The summed E-state index contributed by atoms with van der Waals surface area (Å²) in [6.45, 7) is 7.93. The molecule has 1 aromatic heterocycles. The van der Waals surface area contributed by atoms with Crippen LogP contribution in [0.15, 0.2) is 47.6 Å². The molecule has 0 saturated carbocycles. The van der Waals surface area contributed by atoms with Crippen LogP contribution in [0.1, 0.15) is 25.0 Å². The molecule has 3 amide bonds. The molecule has 0 fully saturated rings.